The zero-order valence-corrected chi connectivity index (χ0v) is 13.5. The molecule has 0 bridgehead atoms. The molecule has 1 amide bonds. The average molecular weight is 395 g/mol. The van der Waals surface area contributed by atoms with Gasteiger partial charge < -0.3 is 10.4 Å². The number of aromatic nitrogens is 1. The molecule has 26 heavy (non-hydrogen) atoms. The lowest BCUT2D eigenvalue weighted by molar-refractivity contribution is -0.114. The number of alkyl halides is 2. The molecule has 1 aromatic heterocycles. The molecule has 138 valence electrons. The number of carboxylic acids is 1. The van der Waals surface area contributed by atoms with Crippen LogP contribution in [0.25, 0.3) is 11.3 Å². The quantitative estimate of drug-likeness (QED) is 0.753. The molecule has 2 rings (SSSR count). The maximum atomic E-state index is 14.3. The summed E-state index contributed by atoms with van der Waals surface area (Å²) >= 11 is 5.77. The van der Waals surface area contributed by atoms with Gasteiger partial charge in [0, 0.05) is 13.0 Å². The number of aromatic carboxylic acids is 1. The van der Waals surface area contributed by atoms with Crippen molar-refractivity contribution in [2.45, 2.75) is 13.3 Å². The zero-order chi connectivity index (χ0) is 19.8. The second-order valence-corrected chi connectivity index (χ2v) is 5.33. The van der Waals surface area contributed by atoms with Crippen LogP contribution in [0.4, 0.5) is 27.6 Å². The molecule has 0 atom stereocenters. The highest BCUT2D eigenvalue weighted by molar-refractivity contribution is 6.36. The number of benzene rings is 1. The molecule has 5 nitrogen and oxygen atoms in total. The molecule has 0 fully saturated rings. The monoisotopic (exact) mass is 394 g/mol. The predicted molar refractivity (Wildman–Crippen MR) is 80.8 cm³/mol. The Morgan fingerprint density at radius 3 is 2.31 bits per heavy atom. The number of carbonyl (C=O) groups is 2. The maximum Gasteiger partial charge on any atom is 0.356 e. The highest BCUT2D eigenvalue weighted by Gasteiger charge is 2.28. The van der Waals surface area contributed by atoms with Gasteiger partial charge in [-0.2, -0.15) is 0 Å². The third-order valence-electron chi connectivity index (χ3n) is 3.15. The number of carboxylic acid groups (broad SMARTS) is 1. The third-order valence-corrected chi connectivity index (χ3v) is 3.53. The van der Waals surface area contributed by atoms with Crippen LogP contribution in [0.5, 0.6) is 0 Å². The third kappa shape index (κ3) is 3.59. The van der Waals surface area contributed by atoms with Crippen LogP contribution >= 0.6 is 11.6 Å². The van der Waals surface area contributed by atoms with E-state index in [2.05, 4.69) is 10.3 Å². The number of rotatable bonds is 4. The summed E-state index contributed by atoms with van der Waals surface area (Å²) in [6, 6.07) is 0.805. The number of hydrogen-bond donors (Lipinski definition) is 2. The Labute approximate surface area is 147 Å². The molecule has 2 aromatic rings. The van der Waals surface area contributed by atoms with Crippen LogP contribution in [-0.2, 0) is 4.79 Å². The van der Waals surface area contributed by atoms with Crippen molar-refractivity contribution < 1.29 is 36.6 Å². The van der Waals surface area contributed by atoms with E-state index in [1.807, 2.05) is 0 Å². The fraction of sp³-hybridized carbons (Fsp3) is 0.133. The molecule has 1 aromatic carbocycles. The number of halogens is 6. The topological polar surface area (TPSA) is 79.3 Å². The Kier molecular flexibility index (Phi) is 5.45. The highest BCUT2D eigenvalue weighted by atomic mass is 35.5. The van der Waals surface area contributed by atoms with E-state index >= 15 is 0 Å². The number of anilines is 1. The van der Waals surface area contributed by atoms with Gasteiger partial charge in [0.25, 0.3) is 6.43 Å². The van der Waals surface area contributed by atoms with Crippen LogP contribution in [-0.4, -0.2) is 22.0 Å². The molecule has 0 radical (unpaired) electrons. The molecular formula is C15H8ClF5N2O3. The summed E-state index contributed by atoms with van der Waals surface area (Å²) in [5.74, 6) is -7.76. The SMILES string of the molecule is CC(=O)Nc1cc(-c2c(F)cc(F)c(C(F)F)c2F)nc(C(=O)O)c1Cl. The molecule has 0 saturated carbocycles. The summed E-state index contributed by atoms with van der Waals surface area (Å²) < 4.78 is 67.4. The van der Waals surface area contributed by atoms with Crippen LogP contribution in [0.1, 0.15) is 29.4 Å². The number of pyridine rings is 1. The van der Waals surface area contributed by atoms with Crippen LogP contribution in [0.15, 0.2) is 12.1 Å². The molecule has 0 aliphatic heterocycles. The van der Waals surface area contributed by atoms with Gasteiger partial charge in [-0.25, -0.2) is 31.7 Å². The number of amides is 1. The molecule has 11 heteroatoms. The lowest BCUT2D eigenvalue weighted by atomic mass is 10.0. The summed E-state index contributed by atoms with van der Waals surface area (Å²) in [6.07, 6.45) is -3.60. The van der Waals surface area contributed by atoms with Crippen molar-refractivity contribution in [2.24, 2.45) is 0 Å². The summed E-state index contributed by atoms with van der Waals surface area (Å²) in [7, 11) is 0. The standard InChI is InChI=1S/C15H8ClF5N2O3/c1-4(24)22-8-3-7(23-13(11(8)16)15(25)26)9-5(17)2-6(18)10(12(9)19)14(20)21/h2-3,14H,1H3,(H,25,26)(H,22,23,24). The van der Waals surface area contributed by atoms with Gasteiger partial charge in [-0.1, -0.05) is 11.6 Å². The molecule has 0 aliphatic rings. The predicted octanol–water partition coefficient (Wildman–Crippen LogP) is 4.41. The van der Waals surface area contributed by atoms with E-state index in [1.165, 1.54) is 0 Å². The fourth-order valence-corrected chi connectivity index (χ4v) is 2.35. The van der Waals surface area contributed by atoms with Gasteiger partial charge in [0.1, 0.15) is 17.5 Å². The van der Waals surface area contributed by atoms with E-state index in [0.29, 0.717) is 0 Å². The molecule has 0 spiro atoms. The van der Waals surface area contributed by atoms with Gasteiger partial charge in [0.15, 0.2) is 5.69 Å². The van der Waals surface area contributed by atoms with Crippen LogP contribution < -0.4 is 5.32 Å². The van der Waals surface area contributed by atoms with Crippen LogP contribution in [0, 0.1) is 17.5 Å². The minimum absolute atomic E-state index is 0.0225. The second kappa shape index (κ2) is 7.24. The largest absolute Gasteiger partial charge is 0.476 e. The lowest BCUT2D eigenvalue weighted by Crippen LogP contribution is -2.11. The van der Waals surface area contributed by atoms with Gasteiger partial charge in [-0.15, -0.1) is 0 Å². The van der Waals surface area contributed by atoms with Gasteiger partial charge >= 0.3 is 5.97 Å². The van der Waals surface area contributed by atoms with Crippen molar-refractivity contribution >= 4 is 29.2 Å². The second-order valence-electron chi connectivity index (χ2n) is 4.95. The summed E-state index contributed by atoms with van der Waals surface area (Å²) in [4.78, 5) is 25.8. The highest BCUT2D eigenvalue weighted by Crippen LogP contribution is 2.36. The van der Waals surface area contributed by atoms with Crippen molar-refractivity contribution in [3.8, 4) is 11.3 Å². The van der Waals surface area contributed by atoms with Crippen molar-refractivity contribution in [2.75, 3.05) is 5.32 Å². The van der Waals surface area contributed by atoms with Crippen molar-refractivity contribution in [3.05, 3.63) is 45.9 Å². The zero-order valence-electron chi connectivity index (χ0n) is 12.7. The van der Waals surface area contributed by atoms with E-state index in [1.54, 1.807) is 0 Å². The van der Waals surface area contributed by atoms with Gasteiger partial charge in [0.05, 0.1) is 27.5 Å². The molecule has 0 aliphatic carbocycles. The van der Waals surface area contributed by atoms with Gasteiger partial charge in [0.2, 0.25) is 5.91 Å². The summed E-state index contributed by atoms with van der Waals surface area (Å²) in [5, 5.41) is 10.7. The van der Waals surface area contributed by atoms with Gasteiger partial charge in [-0.3, -0.25) is 4.79 Å². The fourth-order valence-electron chi connectivity index (χ4n) is 2.12. The molecule has 0 saturated heterocycles. The average Bonchev–Trinajstić information content (AvgIpc) is 2.48. The Hall–Kier alpha value is -2.75. The Bertz CT molecular complexity index is 921. The first-order chi connectivity index (χ1) is 12.0. The Balaban J connectivity index is 2.84. The van der Waals surface area contributed by atoms with Gasteiger partial charge in [-0.05, 0) is 6.07 Å². The summed E-state index contributed by atoms with van der Waals surface area (Å²) in [6.45, 7) is 1.05. The first-order valence-electron chi connectivity index (χ1n) is 6.71. The molecule has 0 unspecified atom stereocenters. The summed E-state index contributed by atoms with van der Waals surface area (Å²) in [5.41, 5.74) is -4.92. The van der Waals surface area contributed by atoms with Crippen molar-refractivity contribution in [1.82, 2.24) is 4.98 Å². The number of nitrogens with zero attached hydrogens (tertiary/aromatic N) is 1. The van der Waals surface area contributed by atoms with E-state index in [4.69, 9.17) is 16.7 Å². The molecule has 2 N–H and O–H groups in total. The van der Waals surface area contributed by atoms with Crippen molar-refractivity contribution in [3.63, 3.8) is 0 Å². The van der Waals surface area contributed by atoms with E-state index in [0.717, 1.165) is 13.0 Å². The molecule has 1 heterocycles. The van der Waals surface area contributed by atoms with E-state index in [-0.39, 0.29) is 11.8 Å². The van der Waals surface area contributed by atoms with E-state index < -0.39 is 63.3 Å². The normalized spacial score (nSPS) is 10.9. The first-order valence-corrected chi connectivity index (χ1v) is 7.09. The van der Waals surface area contributed by atoms with Crippen LogP contribution in [0.2, 0.25) is 5.02 Å². The minimum Gasteiger partial charge on any atom is -0.476 e. The van der Waals surface area contributed by atoms with Crippen molar-refractivity contribution in [1.29, 1.82) is 0 Å². The number of hydrogen-bond acceptors (Lipinski definition) is 3. The smallest absolute Gasteiger partial charge is 0.356 e. The first kappa shape index (κ1) is 19.6. The number of carbonyl (C=O) groups excluding carboxylic acids is 1. The number of nitrogens with one attached hydrogen (secondary N) is 1. The van der Waals surface area contributed by atoms with E-state index in [9.17, 15) is 31.5 Å². The lowest BCUT2D eigenvalue weighted by Gasteiger charge is -2.13. The molecular weight excluding hydrogens is 387 g/mol. The minimum atomic E-state index is -3.60. The Morgan fingerprint density at radius 1 is 1.19 bits per heavy atom. The van der Waals surface area contributed by atoms with Crippen LogP contribution in [0.3, 0.4) is 0 Å². The Morgan fingerprint density at radius 2 is 1.81 bits per heavy atom. The maximum absolute atomic E-state index is 14.3.